The third-order valence-corrected chi connectivity index (χ3v) is 6.02. The highest BCUT2D eigenvalue weighted by Gasteiger charge is 2.41. The van der Waals surface area contributed by atoms with Crippen LogP contribution in [0.2, 0.25) is 0 Å². The quantitative estimate of drug-likeness (QED) is 0.678. The molecule has 172 valence electrons. The van der Waals surface area contributed by atoms with Gasteiger partial charge in [-0.05, 0) is 77.0 Å². The topological polar surface area (TPSA) is 58.0 Å². The molecule has 1 saturated carbocycles. The maximum absolute atomic E-state index is 13.1. The van der Waals surface area contributed by atoms with Crippen molar-refractivity contribution in [3.05, 3.63) is 36.7 Å². The summed E-state index contributed by atoms with van der Waals surface area (Å²) in [5.74, 6) is 0.281. The van der Waals surface area contributed by atoms with Crippen molar-refractivity contribution in [2.75, 3.05) is 37.0 Å². The van der Waals surface area contributed by atoms with Crippen molar-refractivity contribution in [3.8, 4) is 11.1 Å². The first kappa shape index (κ1) is 22.4. The van der Waals surface area contributed by atoms with Crippen molar-refractivity contribution in [1.29, 1.82) is 0 Å². The normalized spacial score (nSPS) is 18.3. The summed E-state index contributed by atoms with van der Waals surface area (Å²) in [5, 5.41) is 0. The molecule has 1 aliphatic heterocycles. The van der Waals surface area contributed by atoms with Crippen molar-refractivity contribution in [3.63, 3.8) is 0 Å². The number of hydrogen-bond donors (Lipinski definition) is 0. The van der Waals surface area contributed by atoms with Gasteiger partial charge in [-0.1, -0.05) is 6.07 Å². The van der Waals surface area contributed by atoms with Crippen LogP contribution in [0.5, 0.6) is 0 Å². The molecule has 1 atom stereocenters. The molecule has 1 fully saturated rings. The van der Waals surface area contributed by atoms with Crippen molar-refractivity contribution in [2.45, 2.75) is 52.3 Å². The Morgan fingerprint density at radius 1 is 1.12 bits per heavy atom. The van der Waals surface area contributed by atoms with Crippen molar-refractivity contribution < 1.29 is 14.3 Å². The highest BCUT2D eigenvalue weighted by Crippen LogP contribution is 2.42. The zero-order valence-corrected chi connectivity index (χ0v) is 19.7. The van der Waals surface area contributed by atoms with Gasteiger partial charge in [0.2, 0.25) is 5.91 Å². The number of carbonyl (C=O) groups is 2. The van der Waals surface area contributed by atoms with E-state index in [0.717, 1.165) is 48.4 Å². The Morgan fingerprint density at radius 2 is 1.88 bits per heavy atom. The molecule has 1 aromatic heterocycles. The van der Waals surface area contributed by atoms with Crippen molar-refractivity contribution in [1.82, 2.24) is 9.47 Å². The minimum Gasteiger partial charge on any atom is -0.446 e. The Hall–Kier alpha value is -2.80. The number of aromatic nitrogens is 1. The fourth-order valence-corrected chi connectivity index (χ4v) is 4.17. The highest BCUT2D eigenvalue weighted by molar-refractivity contribution is 6.05. The number of likely N-dealkylation sites (N-methyl/N-ethyl adjacent to an activating group) is 1. The Bertz CT molecular complexity index is 993. The maximum atomic E-state index is 13.1. The van der Waals surface area contributed by atoms with Gasteiger partial charge in [-0.3, -0.25) is 9.69 Å². The molecule has 4 rings (SSSR count). The molecule has 2 amide bonds. The van der Waals surface area contributed by atoms with Gasteiger partial charge in [-0.2, -0.15) is 0 Å². The molecule has 0 bridgehead atoms. The first-order valence-electron chi connectivity index (χ1n) is 11.5. The smallest absolute Gasteiger partial charge is 0.414 e. The summed E-state index contributed by atoms with van der Waals surface area (Å²) in [5.41, 5.74) is 3.63. The molecule has 2 heterocycles. The second-order valence-electron chi connectivity index (χ2n) is 9.52. The van der Waals surface area contributed by atoms with Crippen molar-refractivity contribution >= 4 is 23.4 Å². The zero-order chi connectivity index (χ0) is 23.0. The molecule has 2 aliphatic rings. The van der Waals surface area contributed by atoms with Crippen LogP contribution in [0.1, 0.15) is 33.6 Å². The number of anilines is 2. The summed E-state index contributed by atoms with van der Waals surface area (Å²) in [6.07, 6.45) is 5.53. The minimum atomic E-state index is -0.368. The number of fused-ring (bicyclic) bond motifs is 1. The van der Waals surface area contributed by atoms with E-state index in [1.165, 1.54) is 0 Å². The second-order valence-corrected chi connectivity index (χ2v) is 9.52. The number of amides is 2. The van der Waals surface area contributed by atoms with E-state index in [1.807, 2.05) is 43.9 Å². The molecule has 0 saturated heterocycles. The van der Waals surface area contributed by atoms with Crippen LogP contribution < -0.4 is 9.80 Å². The van der Waals surface area contributed by atoms with Crippen LogP contribution in [0.4, 0.5) is 16.2 Å². The van der Waals surface area contributed by atoms with Crippen LogP contribution in [0.3, 0.4) is 0 Å². The fourth-order valence-electron chi connectivity index (χ4n) is 4.17. The molecule has 0 radical (unpaired) electrons. The summed E-state index contributed by atoms with van der Waals surface area (Å²) in [6, 6.07) is 8.02. The number of rotatable bonds is 6. The van der Waals surface area contributed by atoms with E-state index < -0.39 is 0 Å². The van der Waals surface area contributed by atoms with Gasteiger partial charge < -0.3 is 19.1 Å². The number of ether oxygens (including phenoxy) is 1. The average Bonchev–Trinajstić information content (AvgIpc) is 3.48. The van der Waals surface area contributed by atoms with Gasteiger partial charge in [0.15, 0.2) is 0 Å². The summed E-state index contributed by atoms with van der Waals surface area (Å²) in [7, 11) is 4.13. The van der Waals surface area contributed by atoms with Gasteiger partial charge in [-0.25, -0.2) is 4.79 Å². The lowest BCUT2D eigenvalue weighted by atomic mass is 10.0. The lowest BCUT2D eigenvalue weighted by Gasteiger charge is -2.41. The van der Waals surface area contributed by atoms with Gasteiger partial charge in [0.25, 0.3) is 0 Å². The molecule has 7 nitrogen and oxygen atoms in total. The molecule has 32 heavy (non-hydrogen) atoms. The SMILES string of the molecule is CC(C)OC(=O)N1C[C@H](C)N(C(=O)C2CC2)c2ccc(-c3ccn(CCN(C)C)c3)cc21. The maximum Gasteiger partial charge on any atom is 0.414 e. The lowest BCUT2D eigenvalue weighted by Crippen LogP contribution is -2.52. The standard InChI is InChI=1S/C25H34N4O3/c1-17(2)32-25(31)28-15-18(3)29(24(30)19-6-7-19)22-9-8-20(14-23(22)28)21-10-11-27(16-21)13-12-26(4)5/h8-11,14,16-19H,6-7,12-13,15H2,1-5H3/t18-/m0/s1. The molecule has 0 spiro atoms. The number of carbonyl (C=O) groups excluding carboxylic acids is 2. The fraction of sp³-hybridized carbons (Fsp3) is 0.520. The van der Waals surface area contributed by atoms with E-state index in [4.69, 9.17) is 4.74 Å². The average molecular weight is 439 g/mol. The van der Waals surface area contributed by atoms with Gasteiger partial charge in [-0.15, -0.1) is 0 Å². The third-order valence-electron chi connectivity index (χ3n) is 6.02. The third kappa shape index (κ3) is 4.67. The largest absolute Gasteiger partial charge is 0.446 e. The second kappa shape index (κ2) is 8.98. The van der Waals surface area contributed by atoms with Crippen LogP contribution >= 0.6 is 0 Å². The van der Waals surface area contributed by atoms with Crippen LogP contribution in [0.15, 0.2) is 36.7 Å². The van der Waals surface area contributed by atoms with E-state index in [9.17, 15) is 9.59 Å². The van der Waals surface area contributed by atoms with E-state index in [2.05, 4.69) is 42.0 Å². The van der Waals surface area contributed by atoms with Crippen LogP contribution in [0.25, 0.3) is 11.1 Å². The van der Waals surface area contributed by atoms with Crippen LogP contribution in [-0.2, 0) is 16.1 Å². The lowest BCUT2D eigenvalue weighted by molar-refractivity contribution is -0.120. The van der Waals surface area contributed by atoms with Gasteiger partial charge in [0, 0.05) is 37.9 Å². The van der Waals surface area contributed by atoms with Crippen LogP contribution in [0, 0.1) is 5.92 Å². The zero-order valence-electron chi connectivity index (χ0n) is 19.7. The first-order chi connectivity index (χ1) is 15.2. The predicted molar refractivity (Wildman–Crippen MR) is 127 cm³/mol. The minimum absolute atomic E-state index is 0.103. The van der Waals surface area contributed by atoms with E-state index in [0.29, 0.717) is 6.54 Å². The predicted octanol–water partition coefficient (Wildman–Crippen LogP) is 4.21. The monoisotopic (exact) mass is 438 g/mol. The van der Waals surface area contributed by atoms with Gasteiger partial charge in [0.1, 0.15) is 0 Å². The molecule has 7 heteroatoms. The molecular formula is C25H34N4O3. The molecule has 1 aliphatic carbocycles. The molecule has 0 N–H and O–H groups in total. The Labute approximate surface area is 190 Å². The highest BCUT2D eigenvalue weighted by atomic mass is 16.6. The van der Waals surface area contributed by atoms with Crippen molar-refractivity contribution in [2.24, 2.45) is 5.92 Å². The summed E-state index contributed by atoms with van der Waals surface area (Å²) >= 11 is 0. The Balaban J connectivity index is 1.69. The van der Waals surface area contributed by atoms with E-state index in [1.54, 1.807) is 4.90 Å². The van der Waals surface area contributed by atoms with E-state index >= 15 is 0 Å². The number of nitrogens with zero attached hydrogens (tertiary/aromatic N) is 4. The summed E-state index contributed by atoms with van der Waals surface area (Å²) in [4.78, 5) is 31.7. The summed E-state index contributed by atoms with van der Waals surface area (Å²) in [6.45, 7) is 7.99. The van der Waals surface area contributed by atoms with Crippen LogP contribution in [-0.4, -0.2) is 60.8 Å². The summed E-state index contributed by atoms with van der Waals surface area (Å²) < 4.78 is 7.70. The van der Waals surface area contributed by atoms with Gasteiger partial charge >= 0.3 is 6.09 Å². The molecule has 1 aromatic carbocycles. The number of hydrogen-bond acceptors (Lipinski definition) is 4. The first-order valence-corrected chi connectivity index (χ1v) is 11.5. The van der Waals surface area contributed by atoms with Gasteiger partial charge in [0.05, 0.1) is 23.5 Å². The molecule has 2 aromatic rings. The number of benzene rings is 1. The molecule has 0 unspecified atom stereocenters. The Morgan fingerprint density at radius 3 is 2.53 bits per heavy atom. The van der Waals surface area contributed by atoms with E-state index in [-0.39, 0.29) is 30.1 Å². The molecular weight excluding hydrogens is 404 g/mol. The Kier molecular flexibility index (Phi) is 6.29.